The fourth-order valence-corrected chi connectivity index (χ4v) is 2.08. The molecule has 122 valence electrons. The Kier molecular flexibility index (Phi) is 5.08. The summed E-state index contributed by atoms with van der Waals surface area (Å²) in [6.07, 6.45) is -3.30. The van der Waals surface area contributed by atoms with Gasteiger partial charge >= 0.3 is 6.01 Å². The van der Waals surface area contributed by atoms with Gasteiger partial charge in [-0.15, -0.1) is 0 Å². The lowest BCUT2D eigenvalue weighted by Crippen LogP contribution is -2.56. The van der Waals surface area contributed by atoms with Crippen LogP contribution in [0.4, 0.5) is 5.82 Å². The minimum absolute atomic E-state index is 0.0294. The van der Waals surface area contributed by atoms with E-state index in [2.05, 4.69) is 15.3 Å². The molecule has 1 fully saturated rings. The molecule has 10 heteroatoms. The van der Waals surface area contributed by atoms with Crippen LogP contribution in [0.1, 0.15) is 10.5 Å². The molecule has 0 aromatic carbocycles. The molecule has 0 aliphatic carbocycles. The maximum absolute atomic E-state index is 11.2. The van der Waals surface area contributed by atoms with Crippen molar-refractivity contribution >= 4 is 11.7 Å². The number of carbonyl (C=O) groups excluding carboxylic acids is 1. The molecular weight excluding hydrogens is 296 g/mol. The van der Waals surface area contributed by atoms with E-state index >= 15 is 0 Å². The number of nitrogens with two attached hydrogens (primary N) is 1. The normalized spacial score (nSPS) is 28.2. The number of methoxy groups -OCH3 is 1. The Morgan fingerprint density at radius 2 is 2.23 bits per heavy atom. The molecule has 10 nitrogen and oxygen atoms in total. The van der Waals surface area contributed by atoms with E-state index in [1.807, 2.05) is 0 Å². The number of nitrogens with zero attached hydrogens (tertiary/aromatic N) is 2. The quantitative estimate of drug-likeness (QED) is 0.395. The first kappa shape index (κ1) is 16.4. The van der Waals surface area contributed by atoms with Crippen LogP contribution in [-0.2, 0) is 4.74 Å². The van der Waals surface area contributed by atoms with E-state index in [-0.39, 0.29) is 24.1 Å². The van der Waals surface area contributed by atoms with Crippen molar-refractivity contribution in [2.45, 2.75) is 24.4 Å². The molecule has 4 atom stereocenters. The van der Waals surface area contributed by atoms with Gasteiger partial charge in [-0.05, 0) is 0 Å². The lowest BCUT2D eigenvalue weighted by Gasteiger charge is -2.37. The molecule has 1 amide bonds. The predicted octanol–water partition coefficient (Wildman–Crippen LogP) is -2.52. The Morgan fingerprint density at radius 1 is 1.50 bits per heavy atom. The minimum atomic E-state index is -1.25. The minimum Gasteiger partial charge on any atom is -0.467 e. The van der Waals surface area contributed by atoms with Gasteiger partial charge in [0.2, 0.25) is 0 Å². The van der Waals surface area contributed by atoms with Crippen molar-refractivity contribution in [1.82, 2.24) is 9.97 Å². The third kappa shape index (κ3) is 3.42. The van der Waals surface area contributed by atoms with Gasteiger partial charge in [0.1, 0.15) is 29.8 Å². The average molecular weight is 314 g/mol. The summed E-state index contributed by atoms with van der Waals surface area (Å²) in [4.78, 5) is 19.0. The van der Waals surface area contributed by atoms with Gasteiger partial charge in [-0.3, -0.25) is 4.79 Å². The number of hydrogen-bond acceptors (Lipinski definition) is 9. The van der Waals surface area contributed by atoms with Gasteiger partial charge in [0, 0.05) is 6.07 Å². The highest BCUT2D eigenvalue weighted by molar-refractivity contribution is 5.91. The molecule has 1 aromatic heterocycles. The number of hydrogen-bond donors (Lipinski definition) is 5. The zero-order valence-electron chi connectivity index (χ0n) is 11.8. The van der Waals surface area contributed by atoms with Gasteiger partial charge in [0.05, 0.1) is 26.4 Å². The Morgan fingerprint density at radius 3 is 2.82 bits per heavy atom. The van der Waals surface area contributed by atoms with Crippen molar-refractivity contribution in [3.63, 3.8) is 0 Å². The topological polar surface area (TPSA) is 160 Å². The molecule has 1 aromatic rings. The number of aromatic nitrogens is 2. The van der Waals surface area contributed by atoms with E-state index < -0.39 is 36.9 Å². The first-order chi connectivity index (χ1) is 10.5. The third-order valence-corrected chi connectivity index (χ3v) is 3.29. The van der Waals surface area contributed by atoms with Crippen molar-refractivity contribution in [2.75, 3.05) is 25.6 Å². The molecule has 2 rings (SSSR count). The second-order valence-corrected chi connectivity index (χ2v) is 4.78. The van der Waals surface area contributed by atoms with E-state index in [0.29, 0.717) is 0 Å². The van der Waals surface area contributed by atoms with Crippen molar-refractivity contribution in [3.05, 3.63) is 11.8 Å². The average Bonchev–Trinajstić information content (AvgIpc) is 2.51. The zero-order chi connectivity index (χ0) is 16.3. The second kappa shape index (κ2) is 6.83. The standard InChI is InChI=1S/C12H18N4O6/c1-21-12-15-5(11(13)20)2-8(16-12)14-6-4-22-7(3-17)10(19)9(6)18/h2,6-7,9-10,17-19H,3-4H2,1H3,(H2,13,20)(H,14,15,16)/t6-,7+,9+,10-/m0/s1. The van der Waals surface area contributed by atoms with Crippen molar-refractivity contribution in [3.8, 4) is 6.01 Å². The highest BCUT2D eigenvalue weighted by Gasteiger charge is 2.38. The number of primary amides is 1. The maximum atomic E-state index is 11.2. The van der Waals surface area contributed by atoms with Crippen LogP contribution in [0.5, 0.6) is 6.01 Å². The van der Waals surface area contributed by atoms with Crippen LogP contribution in [0.2, 0.25) is 0 Å². The summed E-state index contributed by atoms with van der Waals surface area (Å²) in [5.74, 6) is -0.576. The smallest absolute Gasteiger partial charge is 0.318 e. The largest absolute Gasteiger partial charge is 0.467 e. The van der Waals surface area contributed by atoms with Crippen molar-refractivity contribution < 1.29 is 29.6 Å². The molecule has 6 N–H and O–H groups in total. The Bertz CT molecular complexity index is 542. The maximum Gasteiger partial charge on any atom is 0.318 e. The fourth-order valence-electron chi connectivity index (χ4n) is 2.08. The van der Waals surface area contributed by atoms with Crippen LogP contribution in [0.15, 0.2) is 6.07 Å². The summed E-state index contributed by atoms with van der Waals surface area (Å²) in [5.41, 5.74) is 5.11. The molecule has 2 heterocycles. The molecule has 0 bridgehead atoms. The summed E-state index contributed by atoms with van der Waals surface area (Å²) in [6.45, 7) is -0.375. The number of anilines is 1. The zero-order valence-corrected chi connectivity index (χ0v) is 11.8. The molecule has 1 aliphatic heterocycles. The Hall–Kier alpha value is -2.01. The van der Waals surface area contributed by atoms with Crippen LogP contribution in [0.3, 0.4) is 0 Å². The highest BCUT2D eigenvalue weighted by Crippen LogP contribution is 2.20. The van der Waals surface area contributed by atoms with Gasteiger partial charge < -0.3 is 35.8 Å². The molecule has 1 saturated heterocycles. The van der Waals surface area contributed by atoms with Crippen molar-refractivity contribution in [1.29, 1.82) is 0 Å². The number of carbonyl (C=O) groups is 1. The lowest BCUT2D eigenvalue weighted by molar-refractivity contribution is -0.152. The number of aliphatic hydroxyl groups is 3. The Balaban J connectivity index is 2.16. The van der Waals surface area contributed by atoms with Gasteiger partial charge in [-0.25, -0.2) is 0 Å². The molecule has 0 spiro atoms. The molecular formula is C12H18N4O6. The van der Waals surface area contributed by atoms with Crippen LogP contribution in [0, 0.1) is 0 Å². The van der Waals surface area contributed by atoms with E-state index in [4.69, 9.17) is 20.3 Å². The molecule has 22 heavy (non-hydrogen) atoms. The van der Waals surface area contributed by atoms with Crippen LogP contribution < -0.4 is 15.8 Å². The van der Waals surface area contributed by atoms with E-state index in [1.165, 1.54) is 13.2 Å². The van der Waals surface area contributed by atoms with Crippen LogP contribution in [-0.4, -0.2) is 75.9 Å². The number of rotatable bonds is 5. The monoisotopic (exact) mass is 314 g/mol. The summed E-state index contributed by atoms with van der Waals surface area (Å²) in [7, 11) is 1.33. The van der Waals surface area contributed by atoms with Gasteiger partial charge in [-0.2, -0.15) is 9.97 Å². The Labute approximate surface area is 125 Å². The van der Waals surface area contributed by atoms with Gasteiger partial charge in [0.15, 0.2) is 0 Å². The van der Waals surface area contributed by atoms with Crippen molar-refractivity contribution in [2.24, 2.45) is 5.73 Å². The highest BCUT2D eigenvalue weighted by atomic mass is 16.5. The van der Waals surface area contributed by atoms with E-state index in [1.54, 1.807) is 0 Å². The molecule has 1 aliphatic rings. The van der Waals surface area contributed by atoms with Crippen LogP contribution >= 0.6 is 0 Å². The summed E-state index contributed by atoms with van der Waals surface area (Å²) >= 11 is 0. The number of amides is 1. The van der Waals surface area contributed by atoms with Crippen LogP contribution in [0.25, 0.3) is 0 Å². The van der Waals surface area contributed by atoms with Gasteiger partial charge in [0.25, 0.3) is 5.91 Å². The number of aliphatic hydroxyl groups excluding tert-OH is 3. The second-order valence-electron chi connectivity index (χ2n) is 4.78. The van der Waals surface area contributed by atoms with E-state index in [0.717, 1.165) is 0 Å². The fraction of sp³-hybridized carbons (Fsp3) is 0.583. The SMILES string of the molecule is COc1nc(N[C@H]2CO[C@H](CO)[C@H](O)[C@@H]2O)cc(C(N)=O)n1. The van der Waals surface area contributed by atoms with E-state index in [9.17, 15) is 15.0 Å². The third-order valence-electron chi connectivity index (χ3n) is 3.29. The first-order valence-electron chi connectivity index (χ1n) is 6.54. The predicted molar refractivity (Wildman–Crippen MR) is 73.4 cm³/mol. The summed E-state index contributed by atoms with van der Waals surface area (Å²) in [5, 5.41) is 31.7. The number of nitrogens with one attached hydrogen (secondary N) is 1. The number of ether oxygens (including phenoxy) is 2. The first-order valence-corrected chi connectivity index (χ1v) is 6.54. The molecule has 0 unspecified atom stereocenters. The molecule has 0 saturated carbocycles. The summed E-state index contributed by atoms with van der Waals surface area (Å²) < 4.78 is 10.1. The van der Waals surface area contributed by atoms with Gasteiger partial charge in [-0.1, -0.05) is 0 Å². The lowest BCUT2D eigenvalue weighted by atomic mass is 9.98. The summed E-state index contributed by atoms with van der Waals surface area (Å²) in [6, 6.07) is 0.527. The molecule has 0 radical (unpaired) electrons.